The van der Waals surface area contributed by atoms with E-state index in [1.807, 2.05) is 19.9 Å². The van der Waals surface area contributed by atoms with Crippen LogP contribution in [0.25, 0.3) is 11.1 Å². The number of anilines is 2. The molecule has 0 spiro atoms. The van der Waals surface area contributed by atoms with Gasteiger partial charge in [-0.3, -0.25) is 9.69 Å². The maximum absolute atomic E-state index is 15.9. The van der Waals surface area contributed by atoms with Gasteiger partial charge in [0.05, 0.1) is 77.3 Å². The number of carbonyl (C=O) groups excluding carboxylic acids is 2. The summed E-state index contributed by atoms with van der Waals surface area (Å²) in [7, 11) is 1.29. The fraction of sp³-hybridized carbons (Fsp3) is 0.447. The largest absolute Gasteiger partial charge is 0.472 e. The Morgan fingerprint density at radius 2 is 1.71 bits per heavy atom. The number of ether oxygens (including phenoxy) is 3. The molecule has 0 saturated carbocycles. The van der Waals surface area contributed by atoms with E-state index in [2.05, 4.69) is 20.8 Å². The van der Waals surface area contributed by atoms with Crippen LogP contribution in [-0.2, 0) is 16.0 Å². The smallest absolute Gasteiger partial charge is 0.340 e. The van der Waals surface area contributed by atoms with Gasteiger partial charge in [0.1, 0.15) is 11.6 Å². The molecule has 1 amide bonds. The molecule has 0 aliphatic carbocycles. The highest BCUT2D eigenvalue weighted by molar-refractivity contribution is 6.40. The molecule has 2 atom stereocenters. The van der Waals surface area contributed by atoms with E-state index in [1.54, 1.807) is 30.3 Å². The zero-order valence-corrected chi connectivity index (χ0v) is 30.4. The molecule has 4 aliphatic heterocycles. The number of esters is 1. The Bertz CT molecular complexity index is 1870. The molecule has 0 N–H and O–H groups in total. The van der Waals surface area contributed by atoms with Crippen molar-refractivity contribution < 1.29 is 28.2 Å². The summed E-state index contributed by atoms with van der Waals surface area (Å²) in [5, 5.41) is 9.90. The van der Waals surface area contributed by atoms with Crippen LogP contribution in [0.15, 0.2) is 42.5 Å². The van der Waals surface area contributed by atoms with Crippen molar-refractivity contribution in [2.45, 2.75) is 45.3 Å². The van der Waals surface area contributed by atoms with Gasteiger partial charge >= 0.3 is 5.97 Å². The topological polar surface area (TPSA) is 98.6 Å². The van der Waals surface area contributed by atoms with E-state index in [0.717, 1.165) is 44.7 Å². The number of para-hydroxylation sites is 1. The number of nitrogens with zero attached hydrogens (tertiary/aromatic N) is 5. The number of benzene rings is 3. The summed E-state index contributed by atoms with van der Waals surface area (Å²) in [6, 6.07) is 14.4. The Morgan fingerprint density at radius 3 is 2.35 bits per heavy atom. The Morgan fingerprint density at radius 1 is 1.02 bits per heavy atom. The maximum atomic E-state index is 15.9. The number of halogens is 3. The molecule has 3 fully saturated rings. The molecule has 7 rings (SSSR count). The number of nitriles is 1. The molecule has 0 aromatic heterocycles. The van der Waals surface area contributed by atoms with Gasteiger partial charge in [0.2, 0.25) is 0 Å². The van der Waals surface area contributed by atoms with Crippen molar-refractivity contribution in [1.82, 2.24) is 9.80 Å². The van der Waals surface area contributed by atoms with Crippen LogP contribution in [0.2, 0.25) is 10.0 Å². The van der Waals surface area contributed by atoms with E-state index in [9.17, 15) is 14.9 Å². The summed E-state index contributed by atoms with van der Waals surface area (Å²) in [5.41, 5.74) is 2.88. The maximum Gasteiger partial charge on any atom is 0.340 e. The first-order chi connectivity index (χ1) is 24.5. The molecular formula is C38H40Cl2FN5O5. The predicted molar refractivity (Wildman–Crippen MR) is 193 cm³/mol. The molecule has 10 nitrogen and oxygen atoms in total. The minimum atomic E-state index is -0.606. The van der Waals surface area contributed by atoms with E-state index < -0.39 is 17.2 Å². The van der Waals surface area contributed by atoms with Gasteiger partial charge in [-0.15, -0.1) is 0 Å². The van der Waals surface area contributed by atoms with Crippen molar-refractivity contribution in [3.8, 4) is 22.9 Å². The minimum Gasteiger partial charge on any atom is -0.472 e. The van der Waals surface area contributed by atoms with Crippen LogP contribution in [-0.4, -0.2) is 93.5 Å². The van der Waals surface area contributed by atoms with Crippen LogP contribution < -0.4 is 14.5 Å². The lowest BCUT2D eigenvalue weighted by atomic mass is 9.95. The first kappa shape index (κ1) is 35.3. The Balaban J connectivity index is 1.11. The van der Waals surface area contributed by atoms with E-state index in [-0.39, 0.29) is 58.0 Å². The third-order valence-electron chi connectivity index (χ3n) is 10.3. The first-order valence-electron chi connectivity index (χ1n) is 17.2. The fourth-order valence-electron chi connectivity index (χ4n) is 7.76. The molecule has 51 heavy (non-hydrogen) atoms. The average Bonchev–Trinajstić information content (AvgIpc) is 3.37. The summed E-state index contributed by atoms with van der Waals surface area (Å²) in [4.78, 5) is 34.9. The van der Waals surface area contributed by atoms with E-state index in [1.165, 1.54) is 18.1 Å². The average molecular weight is 737 g/mol. The quantitative estimate of drug-likeness (QED) is 0.248. The number of fused-ring (bicyclic) bond motifs is 3. The Hall–Kier alpha value is -4.08. The van der Waals surface area contributed by atoms with E-state index in [4.69, 9.17) is 37.4 Å². The van der Waals surface area contributed by atoms with Gasteiger partial charge in [0, 0.05) is 55.1 Å². The zero-order valence-electron chi connectivity index (χ0n) is 28.9. The van der Waals surface area contributed by atoms with Crippen molar-refractivity contribution in [1.29, 1.82) is 5.26 Å². The normalized spacial score (nSPS) is 20.5. The van der Waals surface area contributed by atoms with Gasteiger partial charge in [-0.05, 0) is 51.0 Å². The number of rotatable bonds is 7. The van der Waals surface area contributed by atoms with Crippen LogP contribution in [0, 0.1) is 22.6 Å². The molecule has 13 heteroatoms. The third kappa shape index (κ3) is 6.83. The molecule has 2 bridgehead atoms. The monoisotopic (exact) mass is 735 g/mol. The molecule has 4 heterocycles. The third-order valence-corrected chi connectivity index (χ3v) is 10.9. The van der Waals surface area contributed by atoms with Gasteiger partial charge in [-0.1, -0.05) is 41.4 Å². The molecule has 4 aliphatic rings. The summed E-state index contributed by atoms with van der Waals surface area (Å²) in [6.45, 7) is 8.81. The zero-order chi connectivity index (χ0) is 36.0. The van der Waals surface area contributed by atoms with Gasteiger partial charge < -0.3 is 28.9 Å². The highest BCUT2D eigenvalue weighted by Crippen LogP contribution is 2.43. The molecule has 0 radical (unpaired) electrons. The first-order valence-corrected chi connectivity index (χ1v) is 17.9. The van der Waals surface area contributed by atoms with Crippen LogP contribution in [0.1, 0.15) is 53.0 Å². The van der Waals surface area contributed by atoms with Gasteiger partial charge in [-0.2, -0.15) is 5.26 Å². The van der Waals surface area contributed by atoms with Crippen LogP contribution in [0.4, 0.5) is 15.8 Å². The second-order valence-corrected chi connectivity index (χ2v) is 15.1. The Kier molecular flexibility index (Phi) is 9.80. The van der Waals surface area contributed by atoms with Crippen molar-refractivity contribution in [3.05, 3.63) is 75.0 Å². The van der Waals surface area contributed by atoms with Crippen molar-refractivity contribution in [2.24, 2.45) is 5.41 Å². The summed E-state index contributed by atoms with van der Waals surface area (Å²) in [5.74, 6) is -1.10. The molecule has 3 aromatic rings. The number of methoxy groups -OCH3 is 1. The Labute approximate surface area is 307 Å². The number of hydrogen-bond acceptors (Lipinski definition) is 9. The van der Waals surface area contributed by atoms with Crippen molar-refractivity contribution >= 4 is 46.5 Å². The summed E-state index contributed by atoms with van der Waals surface area (Å²) < 4.78 is 32.9. The highest BCUT2D eigenvalue weighted by atomic mass is 35.5. The van der Waals surface area contributed by atoms with Crippen LogP contribution in [0.5, 0.6) is 5.75 Å². The molecule has 268 valence electrons. The number of amides is 1. The van der Waals surface area contributed by atoms with Crippen LogP contribution in [0.3, 0.4) is 0 Å². The summed E-state index contributed by atoms with van der Waals surface area (Å²) >= 11 is 13.5. The van der Waals surface area contributed by atoms with Crippen LogP contribution >= 0.6 is 23.2 Å². The van der Waals surface area contributed by atoms with Gasteiger partial charge in [0.25, 0.3) is 5.91 Å². The van der Waals surface area contributed by atoms with E-state index in [0.29, 0.717) is 42.3 Å². The highest BCUT2D eigenvalue weighted by Gasteiger charge is 2.40. The second-order valence-electron chi connectivity index (χ2n) is 14.3. The molecule has 2 unspecified atom stereocenters. The lowest BCUT2D eigenvalue weighted by Gasteiger charge is -2.38. The SMILES string of the molecule is COC(=O)c1cc(F)c(-c2cccc3c2OCN(C(=O)c2c(Cl)cc(N4CCN(CC(C)(C)C#N)CC4)cc2Cl)C3)cc1N1C2CCC1COC2. The predicted octanol–water partition coefficient (Wildman–Crippen LogP) is 6.62. The number of carbonyl (C=O) groups is 2. The molecular weight excluding hydrogens is 696 g/mol. The van der Waals surface area contributed by atoms with Crippen molar-refractivity contribution in [3.63, 3.8) is 0 Å². The number of morpholine rings is 1. The van der Waals surface area contributed by atoms with Crippen molar-refractivity contribution in [2.75, 3.05) is 69.6 Å². The van der Waals surface area contributed by atoms with Gasteiger partial charge in [0.15, 0.2) is 6.73 Å². The molecule has 3 aromatic carbocycles. The molecule has 3 saturated heterocycles. The number of hydrogen-bond donors (Lipinski definition) is 0. The standard InChI is InChI=1S/C38H40Cl2FN5O5/c1-38(2,20-42)21-43-9-11-44(12-10-43)26-13-30(39)34(31(40)14-26)36(47)45-17-23-5-4-6-27(35(23)51-22-45)28-16-33(29(15-32(28)41)37(48)49-3)46-24-7-8-25(46)19-50-18-24/h4-6,13-16,24-25H,7-12,17-19,21-22H2,1-3H3. The van der Waals surface area contributed by atoms with Gasteiger partial charge in [-0.25, -0.2) is 9.18 Å². The second kappa shape index (κ2) is 14.2. The lowest BCUT2D eigenvalue weighted by Crippen LogP contribution is -2.49. The fourth-order valence-corrected chi connectivity index (χ4v) is 8.39. The minimum absolute atomic E-state index is 0.0803. The lowest BCUT2D eigenvalue weighted by molar-refractivity contribution is 0.0515. The number of piperazine rings is 1. The van der Waals surface area contributed by atoms with E-state index >= 15 is 4.39 Å². The summed E-state index contributed by atoms with van der Waals surface area (Å²) in [6.07, 6.45) is 1.84.